The molecule has 1 rings (SSSR count). The van der Waals surface area contributed by atoms with E-state index in [9.17, 15) is 0 Å². The predicted molar refractivity (Wildman–Crippen MR) is 78.6 cm³/mol. The van der Waals surface area contributed by atoms with Gasteiger partial charge in [0.2, 0.25) is 0 Å². The number of rotatable bonds is 6. The number of guanidine groups is 1. The molecule has 2 N–H and O–H groups in total. The average molecular weight is 271 g/mol. The Morgan fingerprint density at radius 2 is 2.00 bits per heavy atom. The summed E-state index contributed by atoms with van der Waals surface area (Å²) in [5, 5.41) is 6.76. The van der Waals surface area contributed by atoms with E-state index in [0.29, 0.717) is 19.2 Å². The Kier molecular flexibility index (Phi) is 5.62. The van der Waals surface area contributed by atoms with Crippen molar-refractivity contribution >= 4 is 5.96 Å². The van der Waals surface area contributed by atoms with E-state index in [1.807, 2.05) is 0 Å². The van der Waals surface area contributed by atoms with Crippen LogP contribution in [0, 0.1) is 5.41 Å². The van der Waals surface area contributed by atoms with E-state index in [0.717, 1.165) is 18.9 Å². The number of hydrogen-bond donors (Lipinski definition) is 2. The molecule has 1 aliphatic rings. The zero-order chi connectivity index (χ0) is 14.5. The van der Waals surface area contributed by atoms with E-state index in [2.05, 4.69) is 43.3 Å². The van der Waals surface area contributed by atoms with Crippen molar-refractivity contribution < 1.29 is 9.47 Å². The molecule has 0 amide bonds. The molecular weight excluding hydrogens is 242 g/mol. The van der Waals surface area contributed by atoms with Crippen molar-refractivity contribution in [3.63, 3.8) is 0 Å². The average Bonchev–Trinajstić information content (AvgIpc) is 2.38. The molecule has 0 saturated heterocycles. The van der Waals surface area contributed by atoms with Gasteiger partial charge in [0.15, 0.2) is 5.96 Å². The summed E-state index contributed by atoms with van der Waals surface area (Å²) in [6, 6.07) is 0.373. The minimum absolute atomic E-state index is 0.0610. The normalized spacial score (nSPS) is 29.8. The van der Waals surface area contributed by atoms with Crippen molar-refractivity contribution in [3.05, 3.63) is 0 Å². The van der Waals surface area contributed by atoms with Crippen molar-refractivity contribution in [1.29, 1.82) is 0 Å². The molecular formula is C14H29N3O2. The fourth-order valence-corrected chi connectivity index (χ4v) is 2.46. The van der Waals surface area contributed by atoms with Gasteiger partial charge in [0.25, 0.3) is 0 Å². The van der Waals surface area contributed by atoms with Crippen molar-refractivity contribution in [2.75, 3.05) is 33.9 Å². The smallest absolute Gasteiger partial charge is 0.191 e. The Morgan fingerprint density at radius 3 is 2.47 bits per heavy atom. The molecule has 1 fully saturated rings. The third kappa shape index (κ3) is 3.39. The Balaban J connectivity index is 2.59. The Bertz CT molecular complexity index is 318. The van der Waals surface area contributed by atoms with Crippen LogP contribution in [0.15, 0.2) is 4.99 Å². The SMILES string of the molecule is CCNC(=NCCOC)NC1CC(C)(OC)C1(C)C. The van der Waals surface area contributed by atoms with Gasteiger partial charge in [-0.05, 0) is 20.3 Å². The second-order valence-corrected chi connectivity index (χ2v) is 5.81. The lowest BCUT2D eigenvalue weighted by Crippen LogP contribution is -2.69. The molecule has 0 aromatic heterocycles. The van der Waals surface area contributed by atoms with Gasteiger partial charge in [-0.3, -0.25) is 4.99 Å². The maximum Gasteiger partial charge on any atom is 0.191 e. The zero-order valence-electron chi connectivity index (χ0n) is 13.2. The Hall–Kier alpha value is -0.810. The first kappa shape index (κ1) is 16.2. The summed E-state index contributed by atoms with van der Waals surface area (Å²) >= 11 is 0. The summed E-state index contributed by atoms with van der Waals surface area (Å²) < 4.78 is 10.7. The van der Waals surface area contributed by atoms with Gasteiger partial charge >= 0.3 is 0 Å². The fourth-order valence-electron chi connectivity index (χ4n) is 2.46. The first-order valence-electron chi connectivity index (χ1n) is 7.00. The number of nitrogens with zero attached hydrogens (tertiary/aromatic N) is 1. The van der Waals surface area contributed by atoms with Crippen molar-refractivity contribution in [2.24, 2.45) is 10.4 Å². The van der Waals surface area contributed by atoms with E-state index in [1.165, 1.54) is 0 Å². The summed E-state index contributed by atoms with van der Waals surface area (Å²) in [5.74, 6) is 0.857. The second-order valence-electron chi connectivity index (χ2n) is 5.81. The van der Waals surface area contributed by atoms with Crippen LogP contribution in [0.4, 0.5) is 0 Å². The molecule has 0 radical (unpaired) electrons. The predicted octanol–water partition coefficient (Wildman–Crippen LogP) is 1.39. The summed E-state index contributed by atoms with van der Waals surface area (Å²) in [6.07, 6.45) is 0.991. The first-order chi connectivity index (χ1) is 8.91. The number of ether oxygens (including phenoxy) is 2. The fraction of sp³-hybridized carbons (Fsp3) is 0.929. The molecule has 5 nitrogen and oxygen atoms in total. The Morgan fingerprint density at radius 1 is 1.32 bits per heavy atom. The van der Waals surface area contributed by atoms with Crippen LogP contribution in [0.2, 0.25) is 0 Å². The number of methoxy groups -OCH3 is 2. The van der Waals surface area contributed by atoms with Gasteiger partial charge in [-0.1, -0.05) is 13.8 Å². The van der Waals surface area contributed by atoms with Crippen LogP contribution in [-0.2, 0) is 9.47 Å². The highest BCUT2D eigenvalue weighted by molar-refractivity contribution is 5.80. The topological polar surface area (TPSA) is 54.9 Å². The van der Waals surface area contributed by atoms with Crippen molar-refractivity contribution in [2.45, 2.75) is 45.8 Å². The zero-order valence-corrected chi connectivity index (χ0v) is 13.2. The first-order valence-corrected chi connectivity index (χ1v) is 7.00. The quantitative estimate of drug-likeness (QED) is 0.435. The van der Waals surface area contributed by atoms with Crippen molar-refractivity contribution in [1.82, 2.24) is 10.6 Å². The van der Waals surface area contributed by atoms with Crippen LogP contribution < -0.4 is 10.6 Å². The van der Waals surface area contributed by atoms with Crippen molar-refractivity contribution in [3.8, 4) is 0 Å². The lowest BCUT2D eigenvalue weighted by molar-refractivity contribution is -0.176. The minimum Gasteiger partial charge on any atom is -0.383 e. The number of nitrogens with one attached hydrogen (secondary N) is 2. The van der Waals surface area contributed by atoms with Gasteiger partial charge in [0, 0.05) is 32.2 Å². The standard InChI is InChI=1S/C14H29N3O2/c1-7-15-12(16-8-9-18-5)17-11-10-14(4,19-6)13(11,2)3/h11H,7-10H2,1-6H3,(H2,15,16,17). The van der Waals surface area contributed by atoms with Gasteiger partial charge in [-0.15, -0.1) is 0 Å². The molecule has 19 heavy (non-hydrogen) atoms. The molecule has 1 saturated carbocycles. The van der Waals surface area contributed by atoms with Crippen LogP contribution in [0.1, 0.15) is 34.1 Å². The van der Waals surface area contributed by atoms with Crippen LogP contribution in [0.25, 0.3) is 0 Å². The van der Waals surface area contributed by atoms with Gasteiger partial charge in [0.05, 0.1) is 18.8 Å². The lowest BCUT2D eigenvalue weighted by atomic mass is 9.56. The number of hydrogen-bond acceptors (Lipinski definition) is 3. The number of aliphatic imine (C=N–C) groups is 1. The molecule has 5 heteroatoms. The lowest BCUT2D eigenvalue weighted by Gasteiger charge is -2.59. The van der Waals surface area contributed by atoms with Gasteiger partial charge in [-0.2, -0.15) is 0 Å². The molecule has 1 aliphatic carbocycles. The monoisotopic (exact) mass is 271 g/mol. The summed E-state index contributed by atoms with van der Waals surface area (Å²) in [5.41, 5.74) is 0.0215. The van der Waals surface area contributed by atoms with Gasteiger partial charge < -0.3 is 20.1 Å². The minimum atomic E-state index is -0.0610. The molecule has 0 spiro atoms. The molecule has 0 aliphatic heterocycles. The van der Waals surface area contributed by atoms with E-state index in [4.69, 9.17) is 9.47 Å². The van der Waals surface area contributed by atoms with Gasteiger partial charge in [0.1, 0.15) is 0 Å². The highest BCUT2D eigenvalue weighted by Gasteiger charge is 2.57. The molecule has 0 aromatic carbocycles. The van der Waals surface area contributed by atoms with E-state index in [1.54, 1.807) is 14.2 Å². The van der Waals surface area contributed by atoms with Crippen LogP contribution in [0.5, 0.6) is 0 Å². The molecule has 112 valence electrons. The van der Waals surface area contributed by atoms with Crippen LogP contribution >= 0.6 is 0 Å². The molecule has 2 unspecified atom stereocenters. The summed E-state index contributed by atoms with van der Waals surface area (Å²) in [6.45, 7) is 10.9. The highest BCUT2D eigenvalue weighted by Crippen LogP contribution is 2.51. The van der Waals surface area contributed by atoms with E-state index in [-0.39, 0.29) is 11.0 Å². The molecule has 0 heterocycles. The van der Waals surface area contributed by atoms with Gasteiger partial charge in [-0.25, -0.2) is 0 Å². The summed E-state index contributed by atoms with van der Waals surface area (Å²) in [4.78, 5) is 4.49. The maximum atomic E-state index is 5.64. The largest absolute Gasteiger partial charge is 0.383 e. The highest BCUT2D eigenvalue weighted by atomic mass is 16.5. The van der Waals surface area contributed by atoms with Crippen LogP contribution in [0.3, 0.4) is 0 Å². The van der Waals surface area contributed by atoms with Crippen LogP contribution in [-0.4, -0.2) is 51.5 Å². The van der Waals surface area contributed by atoms with E-state index < -0.39 is 0 Å². The van der Waals surface area contributed by atoms with E-state index >= 15 is 0 Å². The second kappa shape index (κ2) is 6.57. The third-order valence-corrected chi connectivity index (χ3v) is 4.50. The summed E-state index contributed by atoms with van der Waals surface area (Å²) in [7, 11) is 3.48. The maximum absolute atomic E-state index is 5.64. The Labute approximate surface area is 117 Å². The molecule has 0 bridgehead atoms. The third-order valence-electron chi connectivity index (χ3n) is 4.50. The molecule has 2 atom stereocenters. The molecule has 0 aromatic rings.